The van der Waals surface area contributed by atoms with Crippen LogP contribution >= 0.6 is 0 Å². The first-order chi connectivity index (χ1) is 11.1. The standard InChI is InChI=1S/C17H21FN2O3/c18-16(4-5-16)15(21)20-11-17(12-20)14(3-8-23-17)10-22-9-13-1-6-19-7-2-13/h1-2,6-7,14H,3-5,8-12H2/t14-/m1/s1. The molecule has 1 amide bonds. The Labute approximate surface area is 134 Å². The lowest BCUT2D eigenvalue weighted by Crippen LogP contribution is -2.68. The molecular weight excluding hydrogens is 299 g/mol. The molecule has 6 heteroatoms. The number of aromatic nitrogens is 1. The Morgan fingerprint density at radius 1 is 1.39 bits per heavy atom. The van der Waals surface area contributed by atoms with Crippen LogP contribution in [0.1, 0.15) is 24.8 Å². The van der Waals surface area contributed by atoms with E-state index in [1.807, 2.05) is 12.1 Å². The Morgan fingerprint density at radius 3 is 2.83 bits per heavy atom. The number of pyridine rings is 1. The van der Waals surface area contributed by atoms with E-state index in [9.17, 15) is 9.18 Å². The Bertz CT molecular complexity index is 585. The molecule has 3 fully saturated rings. The first-order valence-corrected chi connectivity index (χ1v) is 8.20. The third-order valence-corrected chi connectivity index (χ3v) is 5.21. The van der Waals surface area contributed by atoms with Crippen LogP contribution in [0.2, 0.25) is 0 Å². The zero-order valence-corrected chi connectivity index (χ0v) is 13.0. The second-order valence-corrected chi connectivity index (χ2v) is 6.90. The van der Waals surface area contributed by atoms with Gasteiger partial charge < -0.3 is 14.4 Å². The van der Waals surface area contributed by atoms with E-state index in [0.717, 1.165) is 12.0 Å². The molecule has 1 atom stereocenters. The van der Waals surface area contributed by atoms with Gasteiger partial charge in [-0.3, -0.25) is 9.78 Å². The number of nitrogens with zero attached hydrogens (tertiary/aromatic N) is 2. The fraction of sp³-hybridized carbons (Fsp3) is 0.647. The summed E-state index contributed by atoms with van der Waals surface area (Å²) in [6, 6.07) is 3.86. The van der Waals surface area contributed by atoms with E-state index in [0.29, 0.717) is 45.8 Å². The Hall–Kier alpha value is -1.53. The van der Waals surface area contributed by atoms with Crippen LogP contribution in [0.25, 0.3) is 0 Å². The predicted molar refractivity (Wildman–Crippen MR) is 80.3 cm³/mol. The minimum Gasteiger partial charge on any atom is -0.376 e. The molecule has 0 aromatic carbocycles. The van der Waals surface area contributed by atoms with Crippen molar-refractivity contribution in [2.45, 2.75) is 37.1 Å². The van der Waals surface area contributed by atoms with Gasteiger partial charge in [0, 0.05) is 24.9 Å². The van der Waals surface area contributed by atoms with Gasteiger partial charge in [0.25, 0.3) is 5.91 Å². The molecule has 1 saturated carbocycles. The number of likely N-dealkylation sites (tertiary alicyclic amines) is 1. The highest BCUT2D eigenvalue weighted by Crippen LogP contribution is 2.46. The Kier molecular flexibility index (Phi) is 3.61. The first kappa shape index (κ1) is 15.0. The highest BCUT2D eigenvalue weighted by Gasteiger charge is 2.60. The molecule has 1 aromatic heterocycles. The van der Waals surface area contributed by atoms with Crippen LogP contribution in [-0.4, -0.2) is 53.4 Å². The molecule has 3 heterocycles. The van der Waals surface area contributed by atoms with Crippen molar-refractivity contribution in [2.75, 3.05) is 26.3 Å². The van der Waals surface area contributed by atoms with E-state index < -0.39 is 5.67 Å². The lowest BCUT2D eigenvalue weighted by atomic mass is 9.81. The summed E-state index contributed by atoms with van der Waals surface area (Å²) < 4.78 is 25.6. The lowest BCUT2D eigenvalue weighted by molar-refractivity contribution is -0.174. The van der Waals surface area contributed by atoms with E-state index in [-0.39, 0.29) is 17.4 Å². The SMILES string of the molecule is O=C(N1CC2(C1)OCC[C@@H]2COCc1ccncc1)C1(F)CC1. The maximum absolute atomic E-state index is 13.9. The zero-order chi connectivity index (χ0) is 15.9. The van der Waals surface area contributed by atoms with Gasteiger partial charge in [-0.15, -0.1) is 0 Å². The van der Waals surface area contributed by atoms with Gasteiger partial charge >= 0.3 is 0 Å². The number of hydrogen-bond acceptors (Lipinski definition) is 4. The first-order valence-electron chi connectivity index (χ1n) is 8.20. The summed E-state index contributed by atoms with van der Waals surface area (Å²) >= 11 is 0. The zero-order valence-electron chi connectivity index (χ0n) is 13.0. The van der Waals surface area contributed by atoms with Gasteiger partial charge in [-0.05, 0) is 37.0 Å². The smallest absolute Gasteiger partial charge is 0.260 e. The minimum absolute atomic E-state index is 0.267. The van der Waals surface area contributed by atoms with Crippen LogP contribution in [0, 0.1) is 5.92 Å². The van der Waals surface area contributed by atoms with E-state index >= 15 is 0 Å². The minimum atomic E-state index is -1.58. The Balaban J connectivity index is 1.29. The summed E-state index contributed by atoms with van der Waals surface area (Å²) in [4.78, 5) is 17.6. The molecule has 0 unspecified atom stereocenters. The highest BCUT2D eigenvalue weighted by molar-refractivity contribution is 5.88. The van der Waals surface area contributed by atoms with Crippen molar-refractivity contribution in [2.24, 2.45) is 5.92 Å². The summed E-state index contributed by atoms with van der Waals surface area (Å²) in [5.41, 5.74) is -0.807. The van der Waals surface area contributed by atoms with Crippen molar-refractivity contribution in [1.29, 1.82) is 0 Å². The summed E-state index contributed by atoms with van der Waals surface area (Å²) in [5, 5.41) is 0. The maximum atomic E-state index is 13.9. The van der Waals surface area contributed by atoms with E-state index in [1.165, 1.54) is 0 Å². The van der Waals surface area contributed by atoms with Crippen molar-refractivity contribution in [1.82, 2.24) is 9.88 Å². The van der Waals surface area contributed by atoms with Gasteiger partial charge in [0.2, 0.25) is 0 Å². The van der Waals surface area contributed by atoms with Crippen LogP contribution in [0.15, 0.2) is 24.5 Å². The number of rotatable bonds is 5. The van der Waals surface area contributed by atoms with Crippen LogP contribution in [-0.2, 0) is 20.9 Å². The lowest BCUT2D eigenvalue weighted by Gasteiger charge is -2.50. The van der Waals surface area contributed by atoms with Crippen molar-refractivity contribution in [3.63, 3.8) is 0 Å². The molecule has 124 valence electrons. The average Bonchev–Trinajstić information content (AvgIpc) is 3.14. The summed E-state index contributed by atoms with van der Waals surface area (Å²) in [7, 11) is 0. The molecule has 1 spiro atoms. The molecule has 2 aliphatic heterocycles. The van der Waals surface area contributed by atoms with Crippen molar-refractivity contribution in [3.05, 3.63) is 30.1 Å². The quantitative estimate of drug-likeness (QED) is 0.829. The molecule has 0 N–H and O–H groups in total. The number of hydrogen-bond donors (Lipinski definition) is 0. The number of ether oxygens (including phenoxy) is 2. The second-order valence-electron chi connectivity index (χ2n) is 6.90. The number of carbonyl (C=O) groups excluding carboxylic acids is 1. The van der Waals surface area contributed by atoms with Gasteiger partial charge in [-0.25, -0.2) is 4.39 Å². The monoisotopic (exact) mass is 320 g/mol. The number of carbonyl (C=O) groups is 1. The molecule has 0 bridgehead atoms. The van der Waals surface area contributed by atoms with Gasteiger partial charge in [0.15, 0.2) is 5.67 Å². The molecule has 1 aromatic rings. The molecule has 23 heavy (non-hydrogen) atoms. The third kappa shape index (κ3) is 2.74. The number of alkyl halides is 1. The van der Waals surface area contributed by atoms with Crippen molar-refractivity contribution < 1.29 is 18.7 Å². The van der Waals surface area contributed by atoms with Gasteiger partial charge in [0.05, 0.1) is 26.3 Å². The summed E-state index contributed by atoms with van der Waals surface area (Å²) in [6.45, 7) is 2.84. The van der Waals surface area contributed by atoms with Gasteiger partial charge in [0.1, 0.15) is 5.60 Å². The Morgan fingerprint density at radius 2 is 2.13 bits per heavy atom. The number of halogens is 1. The van der Waals surface area contributed by atoms with Gasteiger partial charge in [-0.2, -0.15) is 0 Å². The maximum Gasteiger partial charge on any atom is 0.260 e. The average molecular weight is 320 g/mol. The fourth-order valence-corrected chi connectivity index (χ4v) is 3.52. The van der Waals surface area contributed by atoms with E-state index in [2.05, 4.69) is 4.98 Å². The summed E-state index contributed by atoms with van der Waals surface area (Å²) in [6.07, 6.45) is 5.17. The normalized spacial score (nSPS) is 27.0. The predicted octanol–water partition coefficient (Wildman–Crippen LogP) is 1.72. The molecule has 1 aliphatic carbocycles. The molecular formula is C17H21FN2O3. The molecule has 5 nitrogen and oxygen atoms in total. The van der Waals surface area contributed by atoms with Crippen LogP contribution < -0.4 is 0 Å². The third-order valence-electron chi connectivity index (χ3n) is 5.21. The largest absolute Gasteiger partial charge is 0.376 e. The van der Waals surface area contributed by atoms with Crippen LogP contribution in [0.3, 0.4) is 0 Å². The van der Waals surface area contributed by atoms with Crippen LogP contribution in [0.5, 0.6) is 0 Å². The highest BCUT2D eigenvalue weighted by atomic mass is 19.1. The van der Waals surface area contributed by atoms with E-state index in [1.54, 1.807) is 17.3 Å². The molecule has 3 aliphatic rings. The number of amides is 1. The van der Waals surface area contributed by atoms with Crippen molar-refractivity contribution in [3.8, 4) is 0 Å². The molecule has 2 saturated heterocycles. The fourth-order valence-electron chi connectivity index (χ4n) is 3.52. The molecule has 4 rings (SSSR count). The van der Waals surface area contributed by atoms with Gasteiger partial charge in [-0.1, -0.05) is 0 Å². The van der Waals surface area contributed by atoms with E-state index in [4.69, 9.17) is 9.47 Å². The molecule has 0 radical (unpaired) electrons. The topological polar surface area (TPSA) is 51.7 Å². The van der Waals surface area contributed by atoms with Crippen LogP contribution in [0.4, 0.5) is 4.39 Å². The van der Waals surface area contributed by atoms with Crippen molar-refractivity contribution >= 4 is 5.91 Å². The summed E-state index contributed by atoms with van der Waals surface area (Å²) in [5.74, 6) is -0.0850. The second kappa shape index (κ2) is 5.53.